The summed E-state index contributed by atoms with van der Waals surface area (Å²) in [5.74, 6) is 1.23. The van der Waals surface area contributed by atoms with Gasteiger partial charge in [-0.3, -0.25) is 0 Å². The molecule has 0 radical (unpaired) electrons. The van der Waals surface area contributed by atoms with E-state index in [9.17, 15) is 4.79 Å². The molecule has 0 aromatic rings. The molecule has 1 fully saturated rings. The monoisotopic (exact) mass is 200 g/mol. The van der Waals surface area contributed by atoms with E-state index in [1.165, 1.54) is 0 Å². The van der Waals surface area contributed by atoms with Crippen LogP contribution in [0.15, 0.2) is 0 Å². The first-order chi connectivity index (χ1) is 6.59. The molecule has 0 bridgehead atoms. The van der Waals surface area contributed by atoms with Gasteiger partial charge in [-0.2, -0.15) is 0 Å². The normalized spacial score (nSPS) is 32.6. The van der Waals surface area contributed by atoms with Gasteiger partial charge >= 0.3 is 6.09 Å². The van der Waals surface area contributed by atoms with E-state index >= 15 is 0 Å². The Labute approximate surface area is 85.0 Å². The van der Waals surface area contributed by atoms with Gasteiger partial charge in [0.25, 0.3) is 0 Å². The van der Waals surface area contributed by atoms with Crippen LogP contribution >= 0.6 is 0 Å². The number of carbonyl (C=O) groups is 1. The zero-order chi connectivity index (χ0) is 10.6. The summed E-state index contributed by atoms with van der Waals surface area (Å²) in [5.41, 5.74) is 10.8. The summed E-state index contributed by atoms with van der Waals surface area (Å²) in [7, 11) is 0. The lowest BCUT2D eigenvalue weighted by Gasteiger charge is -2.31. The molecule has 1 saturated carbocycles. The van der Waals surface area contributed by atoms with E-state index in [1.54, 1.807) is 0 Å². The van der Waals surface area contributed by atoms with Gasteiger partial charge in [0.2, 0.25) is 0 Å². The third kappa shape index (κ3) is 3.54. The number of nitrogens with two attached hydrogens (primary N) is 2. The maximum atomic E-state index is 10.3. The van der Waals surface area contributed by atoms with E-state index in [0.717, 1.165) is 25.7 Å². The summed E-state index contributed by atoms with van der Waals surface area (Å²) in [6.07, 6.45) is 3.62. The molecule has 0 spiro atoms. The van der Waals surface area contributed by atoms with E-state index in [2.05, 4.69) is 6.92 Å². The Balaban J connectivity index is 2.16. The summed E-state index contributed by atoms with van der Waals surface area (Å²) in [6, 6.07) is 0.350. The number of amides is 1. The Kier molecular flexibility index (Phi) is 4.20. The molecule has 3 unspecified atom stereocenters. The fourth-order valence-electron chi connectivity index (χ4n) is 2.12. The smallest absolute Gasteiger partial charge is 0.404 e. The van der Waals surface area contributed by atoms with Gasteiger partial charge in [0, 0.05) is 6.04 Å². The van der Waals surface area contributed by atoms with E-state index in [4.69, 9.17) is 16.2 Å². The highest BCUT2D eigenvalue weighted by Gasteiger charge is 2.24. The van der Waals surface area contributed by atoms with Crippen molar-refractivity contribution in [3.05, 3.63) is 0 Å². The van der Waals surface area contributed by atoms with Gasteiger partial charge in [0.15, 0.2) is 0 Å². The second-order valence-corrected chi connectivity index (χ2v) is 4.28. The molecule has 1 rings (SSSR count). The highest BCUT2D eigenvalue weighted by Crippen LogP contribution is 2.29. The molecule has 4 heteroatoms. The van der Waals surface area contributed by atoms with Crippen LogP contribution in [0.5, 0.6) is 0 Å². The topological polar surface area (TPSA) is 78.3 Å². The van der Waals surface area contributed by atoms with Crippen molar-refractivity contribution in [2.45, 2.75) is 38.6 Å². The standard InChI is InChI=1S/C10H20N2O2/c1-7-6-8(2-3-9(7)11)4-5-14-10(12)13/h7-9H,2-6,11H2,1H3,(H2,12,13). The molecular weight excluding hydrogens is 180 g/mol. The van der Waals surface area contributed by atoms with Crippen LogP contribution in [0.4, 0.5) is 4.79 Å². The Bertz CT molecular complexity index is 197. The summed E-state index contributed by atoms with van der Waals surface area (Å²) in [5, 5.41) is 0. The summed E-state index contributed by atoms with van der Waals surface area (Å²) >= 11 is 0. The van der Waals surface area contributed by atoms with Crippen molar-refractivity contribution in [2.75, 3.05) is 6.61 Å². The Hall–Kier alpha value is -0.770. The lowest BCUT2D eigenvalue weighted by atomic mass is 9.78. The number of hydrogen-bond donors (Lipinski definition) is 2. The molecule has 0 heterocycles. The third-order valence-corrected chi connectivity index (χ3v) is 3.11. The first-order valence-electron chi connectivity index (χ1n) is 5.27. The molecule has 3 atom stereocenters. The molecule has 0 aromatic heterocycles. The van der Waals surface area contributed by atoms with Crippen molar-refractivity contribution in [3.63, 3.8) is 0 Å². The SMILES string of the molecule is CC1CC(CCOC(N)=O)CCC1N. The van der Waals surface area contributed by atoms with Gasteiger partial charge in [0.05, 0.1) is 6.61 Å². The predicted octanol–water partition coefficient (Wildman–Crippen LogP) is 1.24. The Morgan fingerprint density at radius 2 is 2.21 bits per heavy atom. The third-order valence-electron chi connectivity index (χ3n) is 3.11. The van der Waals surface area contributed by atoms with E-state index in [-0.39, 0.29) is 0 Å². The van der Waals surface area contributed by atoms with Gasteiger partial charge in [-0.1, -0.05) is 6.92 Å². The molecule has 4 nitrogen and oxygen atoms in total. The maximum absolute atomic E-state index is 10.3. The van der Waals surface area contributed by atoms with Gasteiger partial charge in [-0.05, 0) is 37.5 Å². The van der Waals surface area contributed by atoms with E-state index in [1.807, 2.05) is 0 Å². The summed E-state index contributed by atoms with van der Waals surface area (Å²) in [4.78, 5) is 10.3. The van der Waals surface area contributed by atoms with Gasteiger partial charge in [0.1, 0.15) is 0 Å². The van der Waals surface area contributed by atoms with Crippen LogP contribution in [0.3, 0.4) is 0 Å². The largest absolute Gasteiger partial charge is 0.450 e. The number of rotatable bonds is 3. The highest BCUT2D eigenvalue weighted by atomic mass is 16.5. The van der Waals surface area contributed by atoms with Crippen LogP contribution in [0.2, 0.25) is 0 Å². The van der Waals surface area contributed by atoms with Crippen LogP contribution in [0.1, 0.15) is 32.6 Å². The van der Waals surface area contributed by atoms with Crippen LogP contribution < -0.4 is 11.5 Å². The molecule has 14 heavy (non-hydrogen) atoms. The summed E-state index contributed by atoms with van der Waals surface area (Å²) < 4.78 is 4.71. The molecule has 1 aliphatic carbocycles. The quantitative estimate of drug-likeness (QED) is 0.719. The molecule has 4 N–H and O–H groups in total. The predicted molar refractivity (Wildman–Crippen MR) is 54.6 cm³/mol. The van der Waals surface area contributed by atoms with Crippen LogP contribution in [-0.4, -0.2) is 18.7 Å². The number of hydrogen-bond acceptors (Lipinski definition) is 3. The van der Waals surface area contributed by atoms with Crippen molar-refractivity contribution in [1.82, 2.24) is 0 Å². The minimum Gasteiger partial charge on any atom is -0.450 e. The van der Waals surface area contributed by atoms with Crippen molar-refractivity contribution in [2.24, 2.45) is 23.3 Å². The minimum absolute atomic E-state index is 0.350. The van der Waals surface area contributed by atoms with E-state index < -0.39 is 6.09 Å². The van der Waals surface area contributed by atoms with Crippen LogP contribution in [0, 0.1) is 11.8 Å². The molecule has 82 valence electrons. The first kappa shape index (κ1) is 11.3. The minimum atomic E-state index is -0.675. The second kappa shape index (κ2) is 5.20. The Morgan fingerprint density at radius 1 is 1.50 bits per heavy atom. The molecule has 1 aliphatic rings. The van der Waals surface area contributed by atoms with Crippen molar-refractivity contribution in [3.8, 4) is 0 Å². The second-order valence-electron chi connectivity index (χ2n) is 4.28. The highest BCUT2D eigenvalue weighted by molar-refractivity contribution is 5.64. The first-order valence-corrected chi connectivity index (χ1v) is 5.27. The molecule has 1 amide bonds. The summed E-state index contributed by atoms with van der Waals surface area (Å²) in [6.45, 7) is 2.63. The molecule has 0 saturated heterocycles. The molecular formula is C10H20N2O2. The lowest BCUT2D eigenvalue weighted by Crippen LogP contribution is -2.34. The Morgan fingerprint density at radius 3 is 2.79 bits per heavy atom. The molecule has 0 aliphatic heterocycles. The fraction of sp³-hybridized carbons (Fsp3) is 0.900. The average Bonchev–Trinajstić information content (AvgIpc) is 2.10. The number of carbonyl (C=O) groups excluding carboxylic acids is 1. The molecule has 0 aromatic carbocycles. The van der Waals surface area contributed by atoms with Gasteiger partial charge in [-0.25, -0.2) is 4.79 Å². The van der Waals surface area contributed by atoms with Crippen molar-refractivity contribution in [1.29, 1.82) is 0 Å². The van der Waals surface area contributed by atoms with E-state index in [0.29, 0.717) is 24.5 Å². The van der Waals surface area contributed by atoms with Crippen molar-refractivity contribution >= 4 is 6.09 Å². The van der Waals surface area contributed by atoms with Crippen LogP contribution in [-0.2, 0) is 4.74 Å². The number of ether oxygens (including phenoxy) is 1. The zero-order valence-electron chi connectivity index (χ0n) is 8.74. The average molecular weight is 200 g/mol. The maximum Gasteiger partial charge on any atom is 0.404 e. The lowest BCUT2D eigenvalue weighted by molar-refractivity contribution is 0.137. The van der Waals surface area contributed by atoms with Crippen molar-refractivity contribution < 1.29 is 9.53 Å². The fourth-order valence-corrected chi connectivity index (χ4v) is 2.12. The zero-order valence-corrected chi connectivity index (χ0v) is 8.74. The van der Waals surface area contributed by atoms with Gasteiger partial charge < -0.3 is 16.2 Å². The number of primary amides is 1. The van der Waals surface area contributed by atoms with Gasteiger partial charge in [-0.15, -0.1) is 0 Å². The van der Waals surface area contributed by atoms with Crippen LogP contribution in [0.25, 0.3) is 0 Å².